The van der Waals surface area contributed by atoms with Crippen molar-refractivity contribution in [3.05, 3.63) is 65.7 Å². The Balaban J connectivity index is 1.66. The number of carboxylic acid groups (broad SMARTS) is 1. The Kier molecular flexibility index (Phi) is 6.55. The van der Waals surface area contributed by atoms with Crippen molar-refractivity contribution in [2.24, 2.45) is 0 Å². The topological polar surface area (TPSA) is 105 Å². The van der Waals surface area contributed by atoms with Gasteiger partial charge in [-0.25, -0.2) is 4.79 Å². The maximum absolute atomic E-state index is 12.3. The van der Waals surface area contributed by atoms with Gasteiger partial charge in [-0.15, -0.1) is 0 Å². The zero-order valence-electron chi connectivity index (χ0n) is 18.2. The number of benzene rings is 2. The number of carbonyl (C=O) groups excluding carboxylic acids is 1. The molecule has 2 atom stereocenters. The van der Waals surface area contributed by atoms with E-state index in [2.05, 4.69) is 5.32 Å². The molecule has 1 aliphatic heterocycles. The Morgan fingerprint density at radius 2 is 1.52 bits per heavy atom. The van der Waals surface area contributed by atoms with Gasteiger partial charge in [-0.05, 0) is 44.3 Å². The molecule has 3 N–H and O–H groups in total. The summed E-state index contributed by atoms with van der Waals surface area (Å²) in [4.78, 5) is 24.0. The highest BCUT2D eigenvalue weighted by molar-refractivity contribution is 6.62. The lowest BCUT2D eigenvalue weighted by atomic mass is 9.78. The Morgan fingerprint density at radius 3 is 2.03 bits per heavy atom. The van der Waals surface area contributed by atoms with Crippen molar-refractivity contribution in [2.45, 2.75) is 57.5 Å². The first-order valence-electron chi connectivity index (χ1n) is 10.2. The van der Waals surface area contributed by atoms with Gasteiger partial charge in [0.05, 0.1) is 11.2 Å². The van der Waals surface area contributed by atoms with Crippen LogP contribution in [-0.4, -0.2) is 46.5 Å². The lowest BCUT2D eigenvalue weighted by molar-refractivity contribution is -0.143. The molecular weight excluding hydrogens is 397 g/mol. The molecule has 1 heterocycles. The fourth-order valence-corrected chi connectivity index (χ4v) is 3.26. The van der Waals surface area contributed by atoms with Gasteiger partial charge in [-0.1, -0.05) is 54.6 Å². The summed E-state index contributed by atoms with van der Waals surface area (Å²) in [5.74, 6) is -1.93. The van der Waals surface area contributed by atoms with Crippen molar-refractivity contribution in [3.63, 3.8) is 0 Å². The number of rotatable bonds is 7. The van der Waals surface area contributed by atoms with Crippen LogP contribution >= 0.6 is 0 Å². The minimum atomic E-state index is -1.44. The van der Waals surface area contributed by atoms with Crippen LogP contribution in [0.2, 0.25) is 0 Å². The van der Waals surface area contributed by atoms with Crippen molar-refractivity contribution in [1.29, 1.82) is 0 Å². The number of nitrogens with one attached hydrogen (secondary N) is 1. The van der Waals surface area contributed by atoms with Gasteiger partial charge in [0.25, 0.3) is 5.91 Å². The molecular formula is C23H28BNO6. The maximum Gasteiger partial charge on any atom is 0.494 e. The summed E-state index contributed by atoms with van der Waals surface area (Å²) in [7, 11) is -0.505. The molecule has 0 radical (unpaired) electrons. The molecule has 0 unspecified atom stereocenters. The molecule has 3 rings (SSSR count). The fourth-order valence-electron chi connectivity index (χ4n) is 3.26. The zero-order chi connectivity index (χ0) is 22.8. The van der Waals surface area contributed by atoms with Crippen LogP contribution in [0.4, 0.5) is 0 Å². The summed E-state index contributed by atoms with van der Waals surface area (Å²) < 4.78 is 12.1. The first-order valence-corrected chi connectivity index (χ1v) is 10.2. The van der Waals surface area contributed by atoms with Crippen LogP contribution in [0.25, 0.3) is 0 Å². The van der Waals surface area contributed by atoms with E-state index in [1.54, 1.807) is 42.5 Å². The number of hydrogen-bond acceptors (Lipinski definition) is 5. The monoisotopic (exact) mass is 425 g/mol. The van der Waals surface area contributed by atoms with Gasteiger partial charge >= 0.3 is 13.1 Å². The largest absolute Gasteiger partial charge is 0.494 e. The average Bonchev–Trinajstić information content (AvgIpc) is 2.95. The lowest BCUT2D eigenvalue weighted by Gasteiger charge is -2.32. The molecule has 2 aromatic rings. The average molecular weight is 425 g/mol. The summed E-state index contributed by atoms with van der Waals surface area (Å²) in [5.41, 5.74) is 1.05. The third kappa shape index (κ3) is 5.15. The fraction of sp³-hybridized carbons (Fsp3) is 0.391. The Morgan fingerprint density at radius 1 is 0.968 bits per heavy atom. The summed E-state index contributed by atoms with van der Waals surface area (Å²) >= 11 is 0. The summed E-state index contributed by atoms with van der Waals surface area (Å²) in [6.07, 6.45) is -1.36. The second-order valence-electron chi connectivity index (χ2n) is 8.75. The van der Waals surface area contributed by atoms with Gasteiger partial charge in [0, 0.05) is 6.42 Å². The van der Waals surface area contributed by atoms with E-state index in [9.17, 15) is 19.8 Å². The van der Waals surface area contributed by atoms with Gasteiger partial charge in [0.15, 0.2) is 6.10 Å². The number of aliphatic hydroxyl groups is 1. The maximum atomic E-state index is 12.3. The van der Waals surface area contributed by atoms with Crippen molar-refractivity contribution in [3.8, 4) is 0 Å². The van der Waals surface area contributed by atoms with E-state index in [-0.39, 0.29) is 6.42 Å². The van der Waals surface area contributed by atoms with E-state index in [0.29, 0.717) is 5.56 Å². The molecule has 1 aliphatic rings. The first kappa shape index (κ1) is 23.0. The second-order valence-corrected chi connectivity index (χ2v) is 8.75. The van der Waals surface area contributed by atoms with Gasteiger partial charge < -0.3 is 24.8 Å². The van der Waals surface area contributed by atoms with Crippen LogP contribution in [0.5, 0.6) is 0 Å². The van der Waals surface area contributed by atoms with E-state index < -0.39 is 42.3 Å². The Labute approximate surface area is 182 Å². The van der Waals surface area contributed by atoms with E-state index in [4.69, 9.17) is 9.31 Å². The molecule has 1 amide bonds. The molecule has 31 heavy (non-hydrogen) atoms. The Bertz CT molecular complexity index is 913. The zero-order valence-corrected chi connectivity index (χ0v) is 18.2. The van der Waals surface area contributed by atoms with Crippen LogP contribution in [0.3, 0.4) is 0 Å². The molecule has 1 saturated heterocycles. The van der Waals surface area contributed by atoms with Gasteiger partial charge in [-0.2, -0.15) is 0 Å². The van der Waals surface area contributed by atoms with Crippen molar-refractivity contribution >= 4 is 24.5 Å². The van der Waals surface area contributed by atoms with Gasteiger partial charge in [-0.3, -0.25) is 4.79 Å². The quantitative estimate of drug-likeness (QED) is 0.585. The highest BCUT2D eigenvalue weighted by Crippen LogP contribution is 2.36. The van der Waals surface area contributed by atoms with Crippen molar-refractivity contribution < 1.29 is 29.1 Å². The molecule has 1 fully saturated rings. The number of carboxylic acids is 1. The smallest absolute Gasteiger partial charge is 0.480 e. The Hall–Kier alpha value is -2.68. The molecule has 2 aromatic carbocycles. The third-order valence-electron chi connectivity index (χ3n) is 5.92. The third-order valence-corrected chi connectivity index (χ3v) is 5.92. The summed E-state index contributed by atoms with van der Waals surface area (Å²) in [5, 5.41) is 22.2. The second kappa shape index (κ2) is 8.82. The van der Waals surface area contributed by atoms with E-state index in [0.717, 1.165) is 11.0 Å². The van der Waals surface area contributed by atoms with Crippen LogP contribution in [-0.2, 0) is 25.3 Å². The molecule has 7 nitrogen and oxygen atoms in total. The number of amides is 1. The van der Waals surface area contributed by atoms with Crippen LogP contribution < -0.4 is 10.8 Å². The summed E-state index contributed by atoms with van der Waals surface area (Å²) in [6.45, 7) is 7.91. The molecule has 0 saturated carbocycles. The highest BCUT2D eigenvalue weighted by atomic mass is 16.7. The number of carbonyl (C=O) groups is 2. The van der Waals surface area contributed by atoms with E-state index in [1.807, 2.05) is 39.8 Å². The summed E-state index contributed by atoms with van der Waals surface area (Å²) in [6, 6.07) is 14.4. The predicted octanol–water partition coefficient (Wildman–Crippen LogP) is 1.83. The van der Waals surface area contributed by atoms with Crippen LogP contribution in [0.15, 0.2) is 54.6 Å². The molecule has 0 aliphatic carbocycles. The van der Waals surface area contributed by atoms with Crippen molar-refractivity contribution in [2.75, 3.05) is 0 Å². The molecule has 0 aromatic heterocycles. The normalized spacial score (nSPS) is 18.9. The standard InChI is InChI=1S/C23H28BNO6/c1-22(2)23(3,4)31-24(30-22)17-12-10-15(11-13-17)14-18(21(28)29)25-20(27)19(26)16-8-6-5-7-9-16/h5-13,18-19,26H,14H2,1-4H3,(H,25,27)(H,28,29)/t18-,19+/m1/s1. The van der Waals surface area contributed by atoms with E-state index in [1.165, 1.54) is 0 Å². The number of hydrogen-bond donors (Lipinski definition) is 3. The molecule has 8 heteroatoms. The highest BCUT2D eigenvalue weighted by Gasteiger charge is 2.51. The van der Waals surface area contributed by atoms with Gasteiger partial charge in [0.1, 0.15) is 6.04 Å². The SMILES string of the molecule is CC1(C)OB(c2ccc(C[C@@H](NC(=O)[C@@H](O)c3ccccc3)C(=O)O)cc2)OC1(C)C. The first-order chi connectivity index (χ1) is 14.5. The minimum absolute atomic E-state index is 0.0756. The molecule has 0 bridgehead atoms. The van der Waals surface area contributed by atoms with Gasteiger partial charge in [0.2, 0.25) is 0 Å². The predicted molar refractivity (Wildman–Crippen MR) is 117 cm³/mol. The van der Waals surface area contributed by atoms with Crippen LogP contribution in [0.1, 0.15) is 44.9 Å². The van der Waals surface area contributed by atoms with Crippen molar-refractivity contribution in [1.82, 2.24) is 5.32 Å². The van der Waals surface area contributed by atoms with Crippen LogP contribution in [0, 0.1) is 0 Å². The minimum Gasteiger partial charge on any atom is -0.480 e. The number of aliphatic carboxylic acids is 1. The van der Waals surface area contributed by atoms with E-state index >= 15 is 0 Å². The number of aliphatic hydroxyl groups excluding tert-OH is 1. The molecule has 0 spiro atoms. The lowest BCUT2D eigenvalue weighted by Crippen LogP contribution is -2.44. The molecule has 164 valence electrons.